The summed E-state index contributed by atoms with van der Waals surface area (Å²) in [5.74, 6) is -0.731. The lowest BCUT2D eigenvalue weighted by Crippen LogP contribution is -2.05. The number of aromatic nitrogens is 2. The van der Waals surface area contributed by atoms with Gasteiger partial charge in [0.15, 0.2) is 0 Å². The van der Waals surface area contributed by atoms with Crippen molar-refractivity contribution in [3.8, 4) is 0 Å². The molecule has 16 heavy (non-hydrogen) atoms. The van der Waals surface area contributed by atoms with Crippen molar-refractivity contribution >= 4 is 28.1 Å². The molecular weight excluding hydrogens is 226 g/mol. The SMILES string of the molecule is Cc1ccsc1Nc1ncncc1C(=O)O. The molecule has 0 bridgehead atoms. The van der Waals surface area contributed by atoms with E-state index in [1.54, 1.807) is 0 Å². The number of carboxylic acids is 1. The summed E-state index contributed by atoms with van der Waals surface area (Å²) in [6.45, 7) is 1.94. The fourth-order valence-corrected chi connectivity index (χ4v) is 2.01. The van der Waals surface area contributed by atoms with E-state index in [0.717, 1.165) is 10.6 Å². The predicted molar refractivity (Wildman–Crippen MR) is 61.3 cm³/mol. The van der Waals surface area contributed by atoms with Crippen molar-refractivity contribution in [2.45, 2.75) is 6.92 Å². The number of thiophene rings is 1. The minimum absolute atomic E-state index is 0.0651. The number of nitrogens with one attached hydrogen (secondary N) is 1. The van der Waals surface area contributed by atoms with Crippen LogP contribution in [-0.2, 0) is 0 Å². The van der Waals surface area contributed by atoms with Gasteiger partial charge >= 0.3 is 5.97 Å². The molecule has 0 amide bonds. The summed E-state index contributed by atoms with van der Waals surface area (Å²) in [5, 5.41) is 14.8. The van der Waals surface area contributed by atoms with Crippen LogP contribution in [0.1, 0.15) is 15.9 Å². The molecule has 0 aliphatic carbocycles. The Balaban J connectivity index is 2.35. The average Bonchev–Trinajstić information content (AvgIpc) is 2.65. The van der Waals surface area contributed by atoms with Gasteiger partial charge in [0.25, 0.3) is 0 Å². The molecule has 0 radical (unpaired) electrons. The van der Waals surface area contributed by atoms with Gasteiger partial charge in [-0.25, -0.2) is 14.8 Å². The summed E-state index contributed by atoms with van der Waals surface area (Å²) in [5.41, 5.74) is 1.12. The molecule has 0 aliphatic rings. The van der Waals surface area contributed by atoms with Crippen LogP contribution >= 0.6 is 11.3 Å². The van der Waals surface area contributed by atoms with Gasteiger partial charge in [-0.1, -0.05) is 0 Å². The number of hydrogen-bond acceptors (Lipinski definition) is 5. The van der Waals surface area contributed by atoms with Crippen LogP contribution in [0.15, 0.2) is 24.0 Å². The van der Waals surface area contributed by atoms with Gasteiger partial charge in [0.2, 0.25) is 0 Å². The third-order valence-electron chi connectivity index (χ3n) is 2.04. The summed E-state index contributed by atoms with van der Waals surface area (Å²) in [4.78, 5) is 18.5. The zero-order chi connectivity index (χ0) is 11.5. The minimum Gasteiger partial charge on any atom is -0.477 e. The average molecular weight is 235 g/mol. The zero-order valence-corrected chi connectivity index (χ0v) is 9.28. The third-order valence-corrected chi connectivity index (χ3v) is 2.97. The number of carboxylic acid groups (broad SMARTS) is 1. The van der Waals surface area contributed by atoms with Crippen molar-refractivity contribution in [2.24, 2.45) is 0 Å². The van der Waals surface area contributed by atoms with Crippen molar-refractivity contribution in [3.63, 3.8) is 0 Å². The van der Waals surface area contributed by atoms with Crippen LogP contribution in [0.25, 0.3) is 0 Å². The molecule has 2 rings (SSSR count). The van der Waals surface area contributed by atoms with E-state index in [2.05, 4.69) is 15.3 Å². The summed E-state index contributed by atoms with van der Waals surface area (Å²) in [6.07, 6.45) is 2.60. The number of nitrogens with zero attached hydrogens (tertiary/aromatic N) is 2. The number of carbonyl (C=O) groups is 1. The van der Waals surface area contributed by atoms with Crippen LogP contribution in [-0.4, -0.2) is 21.0 Å². The van der Waals surface area contributed by atoms with Gasteiger partial charge in [-0.3, -0.25) is 0 Å². The fraction of sp³-hybridized carbons (Fsp3) is 0.100. The second-order valence-corrected chi connectivity index (χ2v) is 4.06. The van der Waals surface area contributed by atoms with Crippen LogP contribution in [0.3, 0.4) is 0 Å². The van der Waals surface area contributed by atoms with E-state index in [9.17, 15) is 4.79 Å². The van der Waals surface area contributed by atoms with Gasteiger partial charge in [-0.15, -0.1) is 11.3 Å². The summed E-state index contributed by atoms with van der Waals surface area (Å²) in [7, 11) is 0. The number of aromatic carboxylic acids is 1. The molecule has 0 aliphatic heterocycles. The molecule has 0 spiro atoms. The smallest absolute Gasteiger partial charge is 0.341 e. The monoisotopic (exact) mass is 235 g/mol. The van der Waals surface area contributed by atoms with Gasteiger partial charge in [0.1, 0.15) is 17.7 Å². The molecule has 82 valence electrons. The largest absolute Gasteiger partial charge is 0.477 e. The first kappa shape index (κ1) is 10.6. The molecule has 5 nitrogen and oxygen atoms in total. The van der Waals surface area contributed by atoms with E-state index < -0.39 is 5.97 Å². The Morgan fingerprint density at radius 3 is 3.00 bits per heavy atom. The Morgan fingerprint density at radius 2 is 2.38 bits per heavy atom. The zero-order valence-electron chi connectivity index (χ0n) is 8.47. The third kappa shape index (κ3) is 2.01. The maximum absolute atomic E-state index is 10.9. The molecule has 0 saturated carbocycles. The number of rotatable bonds is 3. The maximum Gasteiger partial charge on any atom is 0.341 e. The van der Waals surface area contributed by atoms with Gasteiger partial charge < -0.3 is 10.4 Å². The first-order chi connectivity index (χ1) is 7.68. The quantitative estimate of drug-likeness (QED) is 0.853. The lowest BCUT2D eigenvalue weighted by Gasteiger charge is -2.06. The maximum atomic E-state index is 10.9. The molecule has 0 fully saturated rings. The standard InChI is InChI=1S/C10H9N3O2S/c1-6-2-3-16-9(6)13-8-7(10(14)15)4-11-5-12-8/h2-5H,1H3,(H,14,15)(H,11,12,13). The molecular formula is C10H9N3O2S. The molecule has 0 atom stereocenters. The van der Waals surface area contributed by atoms with E-state index >= 15 is 0 Å². The molecule has 2 N–H and O–H groups in total. The highest BCUT2D eigenvalue weighted by atomic mass is 32.1. The first-order valence-corrected chi connectivity index (χ1v) is 5.41. The van der Waals surface area contributed by atoms with Gasteiger partial charge in [0.05, 0.1) is 5.00 Å². The van der Waals surface area contributed by atoms with Gasteiger partial charge in [-0.2, -0.15) is 0 Å². The Hall–Kier alpha value is -1.95. The van der Waals surface area contributed by atoms with E-state index in [-0.39, 0.29) is 5.56 Å². The molecule has 0 saturated heterocycles. The first-order valence-electron chi connectivity index (χ1n) is 4.53. The van der Waals surface area contributed by atoms with E-state index in [0.29, 0.717) is 5.82 Å². The topological polar surface area (TPSA) is 75.1 Å². The molecule has 2 aromatic rings. The Bertz CT molecular complexity index is 524. The highest BCUT2D eigenvalue weighted by molar-refractivity contribution is 7.14. The number of aryl methyl sites for hydroxylation is 1. The van der Waals surface area contributed by atoms with E-state index in [1.807, 2.05) is 18.4 Å². The fourth-order valence-electron chi connectivity index (χ4n) is 1.19. The van der Waals surface area contributed by atoms with Crippen molar-refractivity contribution in [1.29, 1.82) is 0 Å². The van der Waals surface area contributed by atoms with E-state index in [1.165, 1.54) is 23.9 Å². The summed E-state index contributed by atoms with van der Waals surface area (Å²) >= 11 is 1.50. The summed E-state index contributed by atoms with van der Waals surface area (Å²) < 4.78 is 0. The van der Waals surface area contributed by atoms with Crippen LogP contribution in [0.5, 0.6) is 0 Å². The van der Waals surface area contributed by atoms with E-state index in [4.69, 9.17) is 5.11 Å². The normalized spacial score (nSPS) is 10.1. The molecule has 2 aromatic heterocycles. The minimum atomic E-state index is -1.04. The Labute approximate surface area is 95.8 Å². The van der Waals surface area contributed by atoms with Gasteiger partial charge in [-0.05, 0) is 23.9 Å². The molecule has 0 aromatic carbocycles. The van der Waals surface area contributed by atoms with Crippen LogP contribution in [0, 0.1) is 6.92 Å². The second kappa shape index (κ2) is 4.28. The molecule has 6 heteroatoms. The molecule has 0 unspecified atom stereocenters. The van der Waals surface area contributed by atoms with Crippen molar-refractivity contribution in [1.82, 2.24) is 9.97 Å². The predicted octanol–water partition coefficient (Wildman–Crippen LogP) is 2.29. The van der Waals surface area contributed by atoms with Crippen LogP contribution in [0.4, 0.5) is 10.8 Å². The number of hydrogen-bond donors (Lipinski definition) is 2. The van der Waals surface area contributed by atoms with Crippen molar-refractivity contribution < 1.29 is 9.90 Å². The highest BCUT2D eigenvalue weighted by Gasteiger charge is 2.12. The van der Waals surface area contributed by atoms with Crippen molar-refractivity contribution in [3.05, 3.63) is 35.1 Å². The van der Waals surface area contributed by atoms with Crippen LogP contribution in [0.2, 0.25) is 0 Å². The highest BCUT2D eigenvalue weighted by Crippen LogP contribution is 2.26. The molecule has 2 heterocycles. The second-order valence-electron chi connectivity index (χ2n) is 3.15. The van der Waals surface area contributed by atoms with Crippen molar-refractivity contribution in [2.75, 3.05) is 5.32 Å². The summed E-state index contributed by atoms with van der Waals surface area (Å²) in [6, 6.07) is 1.95. The lowest BCUT2D eigenvalue weighted by molar-refractivity contribution is 0.0697. The number of anilines is 2. The lowest BCUT2D eigenvalue weighted by atomic mass is 10.3. The Morgan fingerprint density at radius 1 is 1.56 bits per heavy atom. The van der Waals surface area contributed by atoms with Crippen LogP contribution < -0.4 is 5.32 Å². The Kier molecular flexibility index (Phi) is 2.82. The van der Waals surface area contributed by atoms with Gasteiger partial charge in [0, 0.05) is 6.20 Å².